The van der Waals surface area contributed by atoms with Crippen molar-refractivity contribution in [3.05, 3.63) is 65.5 Å². The molecule has 23 heavy (non-hydrogen) atoms. The molecule has 2 aromatic carbocycles. The average Bonchev–Trinajstić information content (AvgIpc) is 2.55. The van der Waals surface area contributed by atoms with Crippen molar-refractivity contribution < 1.29 is 22.6 Å². The second kappa shape index (κ2) is 7.02. The van der Waals surface area contributed by atoms with Gasteiger partial charge >= 0.3 is 0 Å². The quantitative estimate of drug-likeness (QED) is 0.937. The lowest BCUT2D eigenvalue weighted by Crippen LogP contribution is -2.43. The molecule has 3 nitrogen and oxygen atoms in total. The van der Waals surface area contributed by atoms with E-state index in [0.717, 1.165) is 12.1 Å². The SMILES string of the molecule is Fc1cccc([C@H](Oc2ccc(F)cc2F)[C@@H]2CNCCO2)c1. The summed E-state index contributed by atoms with van der Waals surface area (Å²) in [6.45, 7) is 1.67. The van der Waals surface area contributed by atoms with E-state index >= 15 is 0 Å². The summed E-state index contributed by atoms with van der Waals surface area (Å²) in [5.41, 5.74) is 0.530. The number of hydrogen-bond acceptors (Lipinski definition) is 3. The van der Waals surface area contributed by atoms with E-state index in [0.29, 0.717) is 25.3 Å². The molecule has 3 rings (SSSR count). The highest BCUT2D eigenvalue weighted by molar-refractivity contribution is 5.28. The van der Waals surface area contributed by atoms with Crippen molar-refractivity contribution in [1.29, 1.82) is 0 Å². The lowest BCUT2D eigenvalue weighted by molar-refractivity contribution is -0.0443. The van der Waals surface area contributed by atoms with Crippen LogP contribution in [-0.4, -0.2) is 25.8 Å². The first-order valence-electron chi connectivity index (χ1n) is 7.33. The molecule has 1 aliphatic rings. The maximum Gasteiger partial charge on any atom is 0.168 e. The normalized spacial score (nSPS) is 19.3. The third kappa shape index (κ3) is 3.83. The highest BCUT2D eigenvalue weighted by atomic mass is 19.1. The third-order valence-electron chi connectivity index (χ3n) is 3.62. The number of nitrogens with one attached hydrogen (secondary N) is 1. The van der Waals surface area contributed by atoms with Crippen LogP contribution in [0.15, 0.2) is 42.5 Å². The van der Waals surface area contributed by atoms with Crippen LogP contribution in [0, 0.1) is 17.5 Å². The summed E-state index contributed by atoms with van der Waals surface area (Å²) < 4.78 is 51.8. The Hall–Kier alpha value is -2.05. The Labute approximate surface area is 132 Å². The Morgan fingerprint density at radius 2 is 1.91 bits per heavy atom. The van der Waals surface area contributed by atoms with E-state index in [9.17, 15) is 13.2 Å². The average molecular weight is 323 g/mol. The van der Waals surface area contributed by atoms with E-state index in [1.54, 1.807) is 12.1 Å². The Bertz CT molecular complexity index is 675. The van der Waals surface area contributed by atoms with Gasteiger partial charge in [-0.15, -0.1) is 0 Å². The minimum absolute atomic E-state index is 0.102. The smallest absolute Gasteiger partial charge is 0.168 e. The lowest BCUT2D eigenvalue weighted by atomic mass is 10.0. The van der Waals surface area contributed by atoms with Crippen molar-refractivity contribution in [2.45, 2.75) is 12.2 Å². The zero-order valence-corrected chi connectivity index (χ0v) is 12.3. The molecule has 0 saturated carbocycles. The minimum atomic E-state index is -0.810. The van der Waals surface area contributed by atoms with E-state index in [-0.39, 0.29) is 5.75 Å². The molecule has 1 fully saturated rings. The molecule has 0 unspecified atom stereocenters. The van der Waals surface area contributed by atoms with Crippen molar-refractivity contribution in [3.8, 4) is 5.75 Å². The van der Waals surface area contributed by atoms with Crippen molar-refractivity contribution in [3.63, 3.8) is 0 Å². The molecule has 2 aromatic rings. The fourth-order valence-electron chi connectivity index (χ4n) is 2.53. The van der Waals surface area contributed by atoms with Gasteiger partial charge in [0.2, 0.25) is 0 Å². The van der Waals surface area contributed by atoms with E-state index in [1.807, 2.05) is 0 Å². The summed E-state index contributed by atoms with van der Waals surface area (Å²) in [5, 5.41) is 3.16. The second-order valence-corrected chi connectivity index (χ2v) is 5.28. The first-order chi connectivity index (χ1) is 11.1. The fourth-order valence-corrected chi connectivity index (χ4v) is 2.53. The number of rotatable bonds is 4. The predicted molar refractivity (Wildman–Crippen MR) is 78.7 cm³/mol. The van der Waals surface area contributed by atoms with Crippen LogP contribution in [-0.2, 0) is 4.74 Å². The van der Waals surface area contributed by atoms with Crippen LogP contribution in [0.3, 0.4) is 0 Å². The van der Waals surface area contributed by atoms with Gasteiger partial charge in [-0.1, -0.05) is 12.1 Å². The Kier molecular flexibility index (Phi) is 4.83. The summed E-state index contributed by atoms with van der Waals surface area (Å²) in [6, 6.07) is 8.96. The first kappa shape index (κ1) is 15.8. The number of benzene rings is 2. The van der Waals surface area contributed by atoms with Gasteiger partial charge in [-0.3, -0.25) is 0 Å². The summed E-state index contributed by atoms with van der Waals surface area (Å²) in [6.07, 6.45) is -1.12. The van der Waals surface area contributed by atoms with Crippen molar-refractivity contribution in [1.82, 2.24) is 5.32 Å². The van der Waals surface area contributed by atoms with Crippen LogP contribution in [0.25, 0.3) is 0 Å². The fraction of sp³-hybridized carbons (Fsp3) is 0.294. The molecule has 6 heteroatoms. The molecule has 122 valence electrons. The van der Waals surface area contributed by atoms with Gasteiger partial charge in [0.1, 0.15) is 17.7 Å². The maximum atomic E-state index is 13.9. The molecular weight excluding hydrogens is 307 g/mol. The van der Waals surface area contributed by atoms with Gasteiger partial charge in [0.15, 0.2) is 17.7 Å². The zero-order chi connectivity index (χ0) is 16.2. The Morgan fingerprint density at radius 3 is 2.61 bits per heavy atom. The molecule has 1 aliphatic heterocycles. The van der Waals surface area contributed by atoms with Crippen LogP contribution in [0.4, 0.5) is 13.2 Å². The zero-order valence-electron chi connectivity index (χ0n) is 12.3. The predicted octanol–water partition coefficient (Wildman–Crippen LogP) is 3.21. The first-order valence-corrected chi connectivity index (χ1v) is 7.33. The topological polar surface area (TPSA) is 30.5 Å². The van der Waals surface area contributed by atoms with Gasteiger partial charge in [0.25, 0.3) is 0 Å². The molecule has 0 spiro atoms. The summed E-state index contributed by atoms with van der Waals surface area (Å²) >= 11 is 0. The summed E-state index contributed by atoms with van der Waals surface area (Å²) in [5.74, 6) is -2.02. The highest BCUT2D eigenvalue weighted by Gasteiger charge is 2.29. The van der Waals surface area contributed by atoms with Gasteiger partial charge in [-0.2, -0.15) is 0 Å². The molecule has 1 N–H and O–H groups in total. The van der Waals surface area contributed by atoms with Gasteiger partial charge in [0.05, 0.1) is 6.61 Å². The number of ether oxygens (including phenoxy) is 2. The molecule has 0 amide bonds. The molecule has 0 bridgehead atoms. The van der Waals surface area contributed by atoms with Crippen molar-refractivity contribution >= 4 is 0 Å². The molecule has 1 heterocycles. The number of morpholine rings is 1. The Morgan fingerprint density at radius 1 is 1.09 bits per heavy atom. The second-order valence-electron chi connectivity index (χ2n) is 5.28. The van der Waals surface area contributed by atoms with Crippen LogP contribution >= 0.6 is 0 Å². The number of hydrogen-bond donors (Lipinski definition) is 1. The van der Waals surface area contributed by atoms with Crippen molar-refractivity contribution in [2.75, 3.05) is 19.7 Å². The monoisotopic (exact) mass is 323 g/mol. The molecule has 0 aromatic heterocycles. The summed E-state index contributed by atoms with van der Waals surface area (Å²) in [4.78, 5) is 0. The molecular formula is C17H16F3NO2. The lowest BCUT2D eigenvalue weighted by Gasteiger charge is -2.31. The van der Waals surface area contributed by atoms with Gasteiger partial charge < -0.3 is 14.8 Å². The molecule has 0 radical (unpaired) electrons. The Balaban J connectivity index is 1.91. The third-order valence-corrected chi connectivity index (χ3v) is 3.62. The van der Waals surface area contributed by atoms with E-state index in [4.69, 9.17) is 9.47 Å². The van der Waals surface area contributed by atoms with E-state index in [2.05, 4.69) is 5.32 Å². The van der Waals surface area contributed by atoms with E-state index < -0.39 is 29.7 Å². The van der Waals surface area contributed by atoms with Gasteiger partial charge in [-0.25, -0.2) is 13.2 Å². The maximum absolute atomic E-state index is 13.9. The van der Waals surface area contributed by atoms with Crippen LogP contribution < -0.4 is 10.1 Å². The van der Waals surface area contributed by atoms with Crippen molar-refractivity contribution in [2.24, 2.45) is 0 Å². The van der Waals surface area contributed by atoms with Crippen LogP contribution in [0.1, 0.15) is 11.7 Å². The van der Waals surface area contributed by atoms with Gasteiger partial charge in [0, 0.05) is 19.2 Å². The molecule has 2 atom stereocenters. The van der Waals surface area contributed by atoms with Gasteiger partial charge in [-0.05, 0) is 29.8 Å². The molecule has 0 aliphatic carbocycles. The highest BCUT2D eigenvalue weighted by Crippen LogP contribution is 2.29. The minimum Gasteiger partial charge on any atom is -0.480 e. The van der Waals surface area contributed by atoms with Crippen LogP contribution in [0.5, 0.6) is 5.75 Å². The largest absolute Gasteiger partial charge is 0.480 e. The van der Waals surface area contributed by atoms with E-state index in [1.165, 1.54) is 18.2 Å². The summed E-state index contributed by atoms with van der Waals surface area (Å²) in [7, 11) is 0. The van der Waals surface area contributed by atoms with Crippen LogP contribution in [0.2, 0.25) is 0 Å². The molecule has 1 saturated heterocycles. The standard InChI is InChI=1S/C17H16F3NO2/c18-12-3-1-2-11(8-12)17(16-10-21-6-7-22-16)23-15-5-4-13(19)9-14(15)20/h1-5,8-9,16-17,21H,6-7,10H2/t16-,17-/m0/s1. The number of halogens is 3.